The quantitative estimate of drug-likeness (QED) is 0.728. The SMILES string of the molecule is Cl.Cl.NCCCC(=O)N1CCN(CC(=O)NCc2ccccc2)CC1. The number of amides is 2. The predicted molar refractivity (Wildman–Crippen MR) is 104 cm³/mol. The Morgan fingerprint density at radius 2 is 1.68 bits per heavy atom. The molecule has 6 nitrogen and oxygen atoms in total. The molecule has 1 fully saturated rings. The highest BCUT2D eigenvalue weighted by molar-refractivity contribution is 5.85. The van der Waals surface area contributed by atoms with Crippen molar-refractivity contribution >= 4 is 36.6 Å². The van der Waals surface area contributed by atoms with Gasteiger partial charge in [0, 0.05) is 39.1 Å². The van der Waals surface area contributed by atoms with Crippen molar-refractivity contribution in [1.29, 1.82) is 0 Å². The van der Waals surface area contributed by atoms with Gasteiger partial charge in [0.05, 0.1) is 6.54 Å². The van der Waals surface area contributed by atoms with Crippen molar-refractivity contribution < 1.29 is 9.59 Å². The number of nitrogens with zero attached hydrogens (tertiary/aromatic N) is 2. The van der Waals surface area contributed by atoms with E-state index in [4.69, 9.17) is 5.73 Å². The van der Waals surface area contributed by atoms with Crippen molar-refractivity contribution in [1.82, 2.24) is 15.1 Å². The van der Waals surface area contributed by atoms with Gasteiger partial charge >= 0.3 is 0 Å². The molecule has 1 aromatic carbocycles. The largest absolute Gasteiger partial charge is 0.351 e. The highest BCUT2D eigenvalue weighted by Gasteiger charge is 2.21. The normalized spacial score (nSPS) is 14.2. The summed E-state index contributed by atoms with van der Waals surface area (Å²) in [6, 6.07) is 9.86. The average molecular weight is 391 g/mol. The summed E-state index contributed by atoms with van der Waals surface area (Å²) in [6.45, 7) is 4.35. The number of nitrogens with two attached hydrogens (primary N) is 1. The number of carbonyl (C=O) groups excluding carboxylic acids is 2. The first kappa shape index (κ1) is 23.7. The first-order chi connectivity index (χ1) is 11.2. The Balaban J connectivity index is 0.00000288. The van der Waals surface area contributed by atoms with Crippen molar-refractivity contribution in [3.63, 3.8) is 0 Å². The van der Waals surface area contributed by atoms with Crippen molar-refractivity contribution in [3.05, 3.63) is 35.9 Å². The lowest BCUT2D eigenvalue weighted by Gasteiger charge is -2.34. The summed E-state index contributed by atoms with van der Waals surface area (Å²) in [5.41, 5.74) is 6.52. The van der Waals surface area contributed by atoms with E-state index >= 15 is 0 Å². The summed E-state index contributed by atoms with van der Waals surface area (Å²) >= 11 is 0. The molecule has 3 N–H and O–H groups in total. The van der Waals surface area contributed by atoms with E-state index < -0.39 is 0 Å². The van der Waals surface area contributed by atoms with E-state index in [1.165, 1.54) is 0 Å². The minimum Gasteiger partial charge on any atom is -0.351 e. The summed E-state index contributed by atoms with van der Waals surface area (Å²) in [7, 11) is 0. The van der Waals surface area contributed by atoms with Crippen LogP contribution in [0.1, 0.15) is 18.4 Å². The number of benzene rings is 1. The molecule has 0 radical (unpaired) electrons. The van der Waals surface area contributed by atoms with E-state index in [1.54, 1.807) is 0 Å². The minimum atomic E-state index is 0. The van der Waals surface area contributed by atoms with E-state index in [0.29, 0.717) is 39.1 Å². The molecule has 0 spiro atoms. The van der Waals surface area contributed by atoms with Crippen LogP contribution < -0.4 is 11.1 Å². The van der Waals surface area contributed by atoms with Crippen LogP contribution in [0, 0.1) is 0 Å². The zero-order chi connectivity index (χ0) is 16.5. The minimum absolute atomic E-state index is 0. The van der Waals surface area contributed by atoms with Gasteiger partial charge < -0.3 is 16.0 Å². The molecule has 0 unspecified atom stereocenters. The second kappa shape index (κ2) is 12.9. The lowest BCUT2D eigenvalue weighted by atomic mass is 10.2. The highest BCUT2D eigenvalue weighted by atomic mass is 35.5. The van der Waals surface area contributed by atoms with Crippen LogP contribution in [-0.4, -0.2) is 60.9 Å². The molecular weight excluding hydrogens is 363 g/mol. The molecule has 1 aliphatic rings. The number of nitrogens with one attached hydrogen (secondary N) is 1. The van der Waals surface area contributed by atoms with Gasteiger partial charge in [-0.05, 0) is 18.5 Å². The first-order valence-electron chi connectivity index (χ1n) is 8.20. The summed E-state index contributed by atoms with van der Waals surface area (Å²) in [6.07, 6.45) is 1.26. The van der Waals surface area contributed by atoms with Gasteiger partial charge in [-0.3, -0.25) is 14.5 Å². The van der Waals surface area contributed by atoms with Gasteiger partial charge in [-0.15, -0.1) is 24.8 Å². The maximum atomic E-state index is 12.0. The van der Waals surface area contributed by atoms with Crippen LogP contribution in [0.4, 0.5) is 0 Å². The lowest BCUT2D eigenvalue weighted by molar-refractivity contribution is -0.133. The molecule has 1 heterocycles. The lowest BCUT2D eigenvalue weighted by Crippen LogP contribution is -2.51. The molecular formula is C17H28Cl2N4O2. The molecule has 1 saturated heterocycles. The molecule has 1 aliphatic heterocycles. The summed E-state index contributed by atoms with van der Waals surface area (Å²) in [5, 5.41) is 2.93. The number of carbonyl (C=O) groups is 2. The van der Waals surface area contributed by atoms with Gasteiger partial charge in [0.15, 0.2) is 0 Å². The van der Waals surface area contributed by atoms with Crippen LogP contribution in [0.15, 0.2) is 30.3 Å². The van der Waals surface area contributed by atoms with Crippen LogP contribution in [-0.2, 0) is 16.1 Å². The Bertz CT molecular complexity index is 509. The summed E-state index contributed by atoms with van der Waals surface area (Å²) in [4.78, 5) is 27.9. The maximum absolute atomic E-state index is 12.0. The molecule has 0 bridgehead atoms. The topological polar surface area (TPSA) is 78.7 Å². The Kier molecular flexibility index (Phi) is 12.2. The number of rotatable bonds is 7. The molecule has 0 atom stereocenters. The smallest absolute Gasteiger partial charge is 0.234 e. The third-order valence-corrected chi connectivity index (χ3v) is 4.02. The van der Waals surface area contributed by atoms with Crippen molar-refractivity contribution in [2.75, 3.05) is 39.3 Å². The van der Waals surface area contributed by atoms with Crippen molar-refractivity contribution in [2.45, 2.75) is 19.4 Å². The molecule has 8 heteroatoms. The molecule has 142 valence electrons. The fourth-order valence-corrected chi connectivity index (χ4v) is 2.62. The number of halogens is 2. The van der Waals surface area contributed by atoms with E-state index in [2.05, 4.69) is 10.2 Å². The fraction of sp³-hybridized carbons (Fsp3) is 0.529. The summed E-state index contributed by atoms with van der Waals surface area (Å²) < 4.78 is 0. The van der Waals surface area contributed by atoms with Gasteiger partial charge in [-0.1, -0.05) is 30.3 Å². The van der Waals surface area contributed by atoms with E-state index in [0.717, 1.165) is 25.1 Å². The van der Waals surface area contributed by atoms with E-state index in [1.807, 2.05) is 35.2 Å². The number of hydrogen-bond acceptors (Lipinski definition) is 4. The second-order valence-electron chi connectivity index (χ2n) is 5.81. The zero-order valence-corrected chi connectivity index (χ0v) is 16.0. The Hall–Kier alpha value is -1.34. The second-order valence-corrected chi connectivity index (χ2v) is 5.81. The molecule has 2 amide bonds. The molecule has 0 saturated carbocycles. The zero-order valence-electron chi connectivity index (χ0n) is 14.4. The Morgan fingerprint density at radius 1 is 1.04 bits per heavy atom. The van der Waals surface area contributed by atoms with Gasteiger partial charge in [-0.25, -0.2) is 0 Å². The summed E-state index contributed by atoms with van der Waals surface area (Å²) in [5.74, 6) is 0.195. The standard InChI is InChI=1S/C17H26N4O2.2ClH/c18-8-4-7-17(23)21-11-9-20(10-12-21)14-16(22)19-13-15-5-2-1-3-6-15;;/h1-3,5-6H,4,7-14,18H2,(H,19,22);2*1H. The van der Waals surface area contributed by atoms with Crippen LogP contribution in [0.5, 0.6) is 0 Å². The van der Waals surface area contributed by atoms with Gasteiger partial charge in [0.2, 0.25) is 11.8 Å². The number of hydrogen-bond donors (Lipinski definition) is 2. The average Bonchev–Trinajstić information content (AvgIpc) is 2.59. The monoisotopic (exact) mass is 390 g/mol. The highest BCUT2D eigenvalue weighted by Crippen LogP contribution is 2.05. The Labute approximate surface area is 161 Å². The van der Waals surface area contributed by atoms with Gasteiger partial charge in [0.25, 0.3) is 0 Å². The molecule has 0 aromatic heterocycles. The van der Waals surface area contributed by atoms with Gasteiger partial charge in [0.1, 0.15) is 0 Å². The maximum Gasteiger partial charge on any atom is 0.234 e. The first-order valence-corrected chi connectivity index (χ1v) is 8.20. The van der Waals surface area contributed by atoms with Crippen LogP contribution >= 0.6 is 24.8 Å². The Morgan fingerprint density at radius 3 is 2.28 bits per heavy atom. The third-order valence-electron chi connectivity index (χ3n) is 4.02. The van der Waals surface area contributed by atoms with Crippen molar-refractivity contribution in [3.8, 4) is 0 Å². The third kappa shape index (κ3) is 8.54. The number of piperazine rings is 1. The van der Waals surface area contributed by atoms with Crippen molar-refractivity contribution in [2.24, 2.45) is 5.73 Å². The van der Waals surface area contributed by atoms with E-state index in [-0.39, 0.29) is 36.6 Å². The molecule has 2 rings (SSSR count). The van der Waals surface area contributed by atoms with Crippen LogP contribution in [0.2, 0.25) is 0 Å². The molecule has 1 aromatic rings. The fourth-order valence-electron chi connectivity index (χ4n) is 2.62. The molecule has 0 aliphatic carbocycles. The van der Waals surface area contributed by atoms with E-state index in [9.17, 15) is 9.59 Å². The predicted octanol–water partition coefficient (Wildman–Crippen LogP) is 1.03. The van der Waals surface area contributed by atoms with Crippen LogP contribution in [0.25, 0.3) is 0 Å². The molecule has 25 heavy (non-hydrogen) atoms. The van der Waals surface area contributed by atoms with Gasteiger partial charge in [-0.2, -0.15) is 0 Å². The van der Waals surface area contributed by atoms with Crippen LogP contribution in [0.3, 0.4) is 0 Å².